The van der Waals surface area contributed by atoms with Crippen molar-refractivity contribution in [3.8, 4) is 0 Å². The summed E-state index contributed by atoms with van der Waals surface area (Å²) < 4.78 is 0. The van der Waals surface area contributed by atoms with Crippen LogP contribution in [0.25, 0.3) is 0 Å². The minimum absolute atomic E-state index is 0.0962. The summed E-state index contributed by atoms with van der Waals surface area (Å²) in [6.07, 6.45) is 4.67. The zero-order valence-electron chi connectivity index (χ0n) is 9.96. The van der Waals surface area contributed by atoms with Gasteiger partial charge in [0.25, 0.3) is 5.91 Å². The highest BCUT2D eigenvalue weighted by atomic mass is 16.4. The molecule has 1 aromatic rings. The maximum Gasteiger partial charge on any atom is 0.333 e. The molecule has 0 spiro atoms. The Hall–Kier alpha value is -2.36. The number of allylic oxidation sites excluding steroid dienone is 2. The van der Waals surface area contributed by atoms with Crippen molar-refractivity contribution in [1.82, 2.24) is 4.90 Å². The van der Waals surface area contributed by atoms with Gasteiger partial charge in [0.05, 0.1) is 12.1 Å². The van der Waals surface area contributed by atoms with Crippen LogP contribution in [0.5, 0.6) is 0 Å². The molecule has 1 N–H and O–H groups in total. The number of rotatable bonds is 2. The topological polar surface area (TPSA) is 57.6 Å². The summed E-state index contributed by atoms with van der Waals surface area (Å²) >= 11 is 0. The smallest absolute Gasteiger partial charge is 0.333 e. The maximum atomic E-state index is 12.2. The number of aryl methyl sites for hydroxylation is 1. The average molecular weight is 243 g/mol. The second kappa shape index (κ2) is 4.87. The van der Waals surface area contributed by atoms with E-state index in [2.05, 4.69) is 0 Å². The molecule has 0 saturated carbocycles. The lowest BCUT2D eigenvalue weighted by Crippen LogP contribution is -2.31. The average Bonchev–Trinajstić information content (AvgIpc) is 2.38. The van der Waals surface area contributed by atoms with Gasteiger partial charge in [-0.1, -0.05) is 18.2 Å². The Kier molecular flexibility index (Phi) is 3.28. The predicted molar refractivity (Wildman–Crippen MR) is 67.1 cm³/mol. The molecule has 1 amide bonds. The Labute approximate surface area is 105 Å². The molecule has 0 aliphatic carbocycles. The van der Waals surface area contributed by atoms with E-state index in [1.807, 2.05) is 19.1 Å². The van der Waals surface area contributed by atoms with E-state index >= 15 is 0 Å². The van der Waals surface area contributed by atoms with E-state index < -0.39 is 5.97 Å². The summed E-state index contributed by atoms with van der Waals surface area (Å²) in [6, 6.07) is 7.25. The van der Waals surface area contributed by atoms with E-state index in [0.717, 1.165) is 5.56 Å². The van der Waals surface area contributed by atoms with E-state index in [9.17, 15) is 9.59 Å². The van der Waals surface area contributed by atoms with Crippen LogP contribution in [0.4, 0.5) is 0 Å². The van der Waals surface area contributed by atoms with Gasteiger partial charge < -0.3 is 10.0 Å². The summed E-state index contributed by atoms with van der Waals surface area (Å²) in [4.78, 5) is 24.5. The molecule has 0 radical (unpaired) electrons. The molecule has 18 heavy (non-hydrogen) atoms. The lowest BCUT2D eigenvalue weighted by molar-refractivity contribution is -0.132. The van der Waals surface area contributed by atoms with E-state index in [4.69, 9.17) is 5.11 Å². The van der Waals surface area contributed by atoms with Crippen LogP contribution in [-0.4, -0.2) is 28.4 Å². The van der Waals surface area contributed by atoms with E-state index in [1.165, 1.54) is 11.0 Å². The minimum Gasteiger partial charge on any atom is -0.478 e. The molecule has 0 fully saturated rings. The molecule has 4 nitrogen and oxygen atoms in total. The first-order chi connectivity index (χ1) is 8.59. The van der Waals surface area contributed by atoms with Crippen LogP contribution in [0.15, 0.2) is 48.2 Å². The quantitative estimate of drug-likeness (QED) is 0.864. The van der Waals surface area contributed by atoms with Crippen molar-refractivity contribution in [2.75, 3.05) is 6.54 Å². The molecule has 0 unspecified atom stereocenters. The van der Waals surface area contributed by atoms with Crippen LogP contribution in [-0.2, 0) is 4.79 Å². The highest BCUT2D eigenvalue weighted by molar-refractivity contribution is 5.98. The molecular weight excluding hydrogens is 230 g/mol. The Morgan fingerprint density at radius 2 is 2.00 bits per heavy atom. The van der Waals surface area contributed by atoms with Crippen LogP contribution in [0.2, 0.25) is 0 Å². The molecule has 1 aliphatic heterocycles. The second-order valence-electron chi connectivity index (χ2n) is 4.09. The number of amides is 1. The fourth-order valence-corrected chi connectivity index (χ4v) is 1.80. The molecule has 1 aliphatic rings. The predicted octanol–water partition coefficient (Wildman–Crippen LogP) is 1.98. The Morgan fingerprint density at radius 3 is 2.67 bits per heavy atom. The van der Waals surface area contributed by atoms with Gasteiger partial charge in [0, 0.05) is 11.8 Å². The zero-order valence-corrected chi connectivity index (χ0v) is 9.96. The number of carbonyl (C=O) groups is 2. The SMILES string of the molecule is Cc1ccccc1C(=O)N1C=CC=C(C(=O)O)C1. The van der Waals surface area contributed by atoms with E-state index in [1.54, 1.807) is 24.4 Å². The van der Waals surface area contributed by atoms with E-state index in [-0.39, 0.29) is 18.0 Å². The lowest BCUT2D eigenvalue weighted by atomic mass is 10.1. The number of carbonyl (C=O) groups excluding carboxylic acids is 1. The lowest BCUT2D eigenvalue weighted by Gasteiger charge is -2.22. The number of carboxylic acid groups (broad SMARTS) is 1. The van der Waals surface area contributed by atoms with Gasteiger partial charge in [-0.15, -0.1) is 0 Å². The van der Waals surface area contributed by atoms with Crippen LogP contribution in [0.1, 0.15) is 15.9 Å². The highest BCUT2D eigenvalue weighted by Gasteiger charge is 2.20. The summed E-state index contributed by atoms with van der Waals surface area (Å²) in [5.41, 5.74) is 1.68. The van der Waals surface area contributed by atoms with Gasteiger partial charge in [0.2, 0.25) is 0 Å². The second-order valence-corrected chi connectivity index (χ2v) is 4.09. The van der Waals surface area contributed by atoms with Crippen molar-refractivity contribution in [3.63, 3.8) is 0 Å². The molecule has 0 saturated heterocycles. The van der Waals surface area contributed by atoms with Crippen molar-refractivity contribution in [2.45, 2.75) is 6.92 Å². The number of aliphatic carboxylic acids is 1. The van der Waals surface area contributed by atoms with Gasteiger partial charge in [-0.25, -0.2) is 4.79 Å². The number of hydrogen-bond acceptors (Lipinski definition) is 2. The number of benzene rings is 1. The summed E-state index contributed by atoms with van der Waals surface area (Å²) in [5.74, 6) is -1.18. The third-order valence-corrected chi connectivity index (χ3v) is 2.82. The molecule has 0 aromatic heterocycles. The van der Waals surface area contributed by atoms with Crippen molar-refractivity contribution in [1.29, 1.82) is 0 Å². The van der Waals surface area contributed by atoms with Crippen molar-refractivity contribution in [2.24, 2.45) is 0 Å². The van der Waals surface area contributed by atoms with Gasteiger partial charge in [0.1, 0.15) is 0 Å². The zero-order chi connectivity index (χ0) is 13.1. The van der Waals surface area contributed by atoms with E-state index in [0.29, 0.717) is 5.56 Å². The molecule has 2 rings (SSSR count). The van der Waals surface area contributed by atoms with Crippen LogP contribution in [0, 0.1) is 6.92 Å². The standard InChI is InChI=1S/C14H13NO3/c1-10-5-2-3-7-12(10)13(16)15-8-4-6-11(9-15)14(17)18/h2-8H,9H2,1H3,(H,17,18). The molecule has 1 aromatic carbocycles. The summed E-state index contributed by atoms with van der Waals surface area (Å²) in [6.45, 7) is 1.95. The number of carboxylic acids is 1. The first-order valence-electron chi connectivity index (χ1n) is 5.57. The van der Waals surface area contributed by atoms with Gasteiger partial charge in [0.15, 0.2) is 0 Å². The fourth-order valence-electron chi connectivity index (χ4n) is 1.80. The molecule has 0 atom stereocenters. The molecule has 4 heteroatoms. The van der Waals surface area contributed by atoms with Crippen LogP contribution >= 0.6 is 0 Å². The fraction of sp³-hybridized carbons (Fsp3) is 0.143. The van der Waals surface area contributed by atoms with Crippen LogP contribution in [0.3, 0.4) is 0 Å². The molecule has 1 heterocycles. The van der Waals surface area contributed by atoms with Crippen LogP contribution < -0.4 is 0 Å². The Morgan fingerprint density at radius 1 is 1.28 bits per heavy atom. The molecule has 0 bridgehead atoms. The summed E-state index contributed by atoms with van der Waals surface area (Å²) in [5, 5.41) is 8.92. The van der Waals surface area contributed by atoms with Gasteiger partial charge in [-0.2, -0.15) is 0 Å². The van der Waals surface area contributed by atoms with Gasteiger partial charge in [-0.05, 0) is 30.7 Å². The molecule has 92 valence electrons. The van der Waals surface area contributed by atoms with Crippen molar-refractivity contribution < 1.29 is 14.7 Å². The summed E-state index contributed by atoms with van der Waals surface area (Å²) in [7, 11) is 0. The number of hydrogen-bond donors (Lipinski definition) is 1. The number of nitrogens with zero attached hydrogens (tertiary/aromatic N) is 1. The van der Waals surface area contributed by atoms with Gasteiger partial charge >= 0.3 is 5.97 Å². The third kappa shape index (κ3) is 2.32. The largest absolute Gasteiger partial charge is 0.478 e. The Bertz CT molecular complexity index is 558. The first-order valence-corrected chi connectivity index (χ1v) is 5.57. The molecular formula is C14H13NO3. The highest BCUT2D eigenvalue weighted by Crippen LogP contribution is 2.15. The van der Waals surface area contributed by atoms with Crippen molar-refractivity contribution in [3.05, 3.63) is 59.3 Å². The Balaban J connectivity index is 2.22. The third-order valence-electron chi connectivity index (χ3n) is 2.82. The van der Waals surface area contributed by atoms with Gasteiger partial charge in [-0.3, -0.25) is 4.79 Å². The normalized spacial score (nSPS) is 14.3. The monoisotopic (exact) mass is 243 g/mol. The van der Waals surface area contributed by atoms with Crippen molar-refractivity contribution >= 4 is 11.9 Å². The minimum atomic E-state index is -0.998. The maximum absolute atomic E-state index is 12.2. The first kappa shape index (κ1) is 12.1.